The van der Waals surface area contributed by atoms with Crippen molar-refractivity contribution in [2.75, 3.05) is 13.2 Å². The van der Waals surface area contributed by atoms with Gasteiger partial charge in [-0.1, -0.05) is 0 Å². The number of aryl methyl sites for hydroxylation is 1. The second-order valence-electron chi connectivity index (χ2n) is 7.13. The summed E-state index contributed by atoms with van der Waals surface area (Å²) in [7, 11) is 0. The van der Waals surface area contributed by atoms with Crippen molar-refractivity contribution in [1.82, 2.24) is 20.0 Å². The van der Waals surface area contributed by atoms with E-state index in [9.17, 15) is 9.90 Å². The Balaban J connectivity index is 2.07. The predicted molar refractivity (Wildman–Crippen MR) is 85.7 cm³/mol. The number of aliphatic hydroxyl groups excluding tert-OH is 1. The third-order valence-electron chi connectivity index (χ3n) is 4.28. The van der Waals surface area contributed by atoms with Crippen LogP contribution in [0.4, 0.5) is 4.79 Å². The van der Waals surface area contributed by atoms with Crippen LogP contribution in [-0.2, 0) is 5.54 Å². The molecular formula is C16H28N4O2. The van der Waals surface area contributed by atoms with Gasteiger partial charge < -0.3 is 15.3 Å². The summed E-state index contributed by atoms with van der Waals surface area (Å²) >= 11 is 0. The van der Waals surface area contributed by atoms with Gasteiger partial charge in [0.25, 0.3) is 0 Å². The predicted octanol–water partition coefficient (Wildman–Crippen LogP) is 2.17. The Kier molecular flexibility index (Phi) is 4.80. The van der Waals surface area contributed by atoms with E-state index in [2.05, 4.69) is 31.2 Å². The smallest absolute Gasteiger partial charge is 0.318 e. The van der Waals surface area contributed by atoms with E-state index in [1.54, 1.807) is 4.90 Å². The molecule has 0 bridgehead atoms. The van der Waals surface area contributed by atoms with Crippen LogP contribution in [0.15, 0.2) is 6.20 Å². The molecule has 2 rings (SSSR count). The third kappa shape index (κ3) is 3.43. The number of amides is 2. The lowest BCUT2D eigenvalue weighted by molar-refractivity contribution is 0.155. The van der Waals surface area contributed by atoms with Gasteiger partial charge in [0.2, 0.25) is 0 Å². The van der Waals surface area contributed by atoms with Crippen LogP contribution < -0.4 is 5.32 Å². The number of nitrogens with zero attached hydrogens (tertiary/aromatic N) is 3. The molecule has 1 aliphatic rings. The topological polar surface area (TPSA) is 70.4 Å². The van der Waals surface area contributed by atoms with Crippen LogP contribution in [0.5, 0.6) is 0 Å². The number of carbonyl (C=O) groups is 1. The number of aliphatic hydroxyl groups is 1. The zero-order chi connectivity index (χ0) is 16.5. The molecular weight excluding hydrogens is 280 g/mol. The van der Waals surface area contributed by atoms with E-state index in [0.717, 1.165) is 24.1 Å². The van der Waals surface area contributed by atoms with E-state index < -0.39 is 0 Å². The highest BCUT2D eigenvalue weighted by Gasteiger charge is 2.29. The fourth-order valence-electron chi connectivity index (χ4n) is 2.88. The van der Waals surface area contributed by atoms with Crippen LogP contribution in [0.1, 0.15) is 57.8 Å². The number of hydrogen-bond acceptors (Lipinski definition) is 3. The SMILES string of the molecule is Cc1nn(C(C)(C)C)cc1[C@H](C)NC(=O)N1CCC[C@H]1CO. The maximum Gasteiger partial charge on any atom is 0.318 e. The van der Waals surface area contributed by atoms with Crippen LogP contribution >= 0.6 is 0 Å². The number of likely N-dealkylation sites (tertiary alicyclic amines) is 1. The van der Waals surface area contributed by atoms with Gasteiger partial charge in [-0.3, -0.25) is 4.68 Å². The molecule has 22 heavy (non-hydrogen) atoms. The molecule has 2 heterocycles. The summed E-state index contributed by atoms with van der Waals surface area (Å²) in [6.45, 7) is 11.0. The lowest BCUT2D eigenvalue weighted by atomic mass is 10.1. The van der Waals surface area contributed by atoms with Crippen molar-refractivity contribution in [3.8, 4) is 0 Å². The van der Waals surface area contributed by atoms with Crippen LogP contribution in [0.3, 0.4) is 0 Å². The molecule has 6 heteroatoms. The van der Waals surface area contributed by atoms with Crippen LogP contribution in [0, 0.1) is 6.92 Å². The van der Waals surface area contributed by atoms with Crippen molar-refractivity contribution in [3.63, 3.8) is 0 Å². The van der Waals surface area contributed by atoms with Crippen LogP contribution in [-0.4, -0.2) is 45.0 Å². The highest BCUT2D eigenvalue weighted by molar-refractivity contribution is 5.75. The highest BCUT2D eigenvalue weighted by Crippen LogP contribution is 2.22. The normalized spacial score (nSPS) is 20.3. The number of aromatic nitrogens is 2. The number of hydrogen-bond donors (Lipinski definition) is 2. The summed E-state index contributed by atoms with van der Waals surface area (Å²) in [5.74, 6) is 0. The first-order chi connectivity index (χ1) is 10.2. The number of nitrogens with one attached hydrogen (secondary N) is 1. The molecule has 2 N–H and O–H groups in total. The Bertz CT molecular complexity index is 533. The average Bonchev–Trinajstić information content (AvgIpc) is 3.03. The number of rotatable bonds is 3. The molecule has 0 spiro atoms. The molecule has 0 aromatic carbocycles. The molecule has 1 aromatic rings. The van der Waals surface area contributed by atoms with E-state index in [1.807, 2.05) is 24.7 Å². The van der Waals surface area contributed by atoms with E-state index >= 15 is 0 Å². The summed E-state index contributed by atoms with van der Waals surface area (Å²) in [4.78, 5) is 14.1. The molecule has 0 saturated carbocycles. The summed E-state index contributed by atoms with van der Waals surface area (Å²) in [6.07, 6.45) is 3.83. The van der Waals surface area contributed by atoms with Gasteiger partial charge in [-0.25, -0.2) is 4.79 Å². The van der Waals surface area contributed by atoms with Crippen molar-refractivity contribution in [1.29, 1.82) is 0 Å². The Morgan fingerprint density at radius 3 is 2.77 bits per heavy atom. The molecule has 1 saturated heterocycles. The second-order valence-corrected chi connectivity index (χ2v) is 7.13. The zero-order valence-corrected chi connectivity index (χ0v) is 14.3. The number of carbonyl (C=O) groups excluding carboxylic acids is 1. The molecule has 1 aliphatic heterocycles. The van der Waals surface area contributed by atoms with Gasteiger partial charge >= 0.3 is 6.03 Å². The van der Waals surface area contributed by atoms with Gasteiger partial charge in [0.05, 0.1) is 29.9 Å². The minimum absolute atomic E-state index is 0.0305. The van der Waals surface area contributed by atoms with E-state index in [-0.39, 0.29) is 30.3 Å². The number of urea groups is 1. The van der Waals surface area contributed by atoms with Gasteiger partial charge in [0.1, 0.15) is 0 Å². The zero-order valence-electron chi connectivity index (χ0n) is 14.3. The standard InChI is InChI=1S/C16H28N4O2/c1-11(14-9-20(16(3,4)5)18-12(14)2)17-15(22)19-8-6-7-13(19)10-21/h9,11,13,21H,6-8,10H2,1-5H3,(H,17,22)/t11-,13-/m0/s1. The molecule has 0 unspecified atom stereocenters. The molecule has 0 aliphatic carbocycles. The first-order valence-electron chi connectivity index (χ1n) is 7.98. The van der Waals surface area contributed by atoms with Crippen molar-refractivity contribution in [2.24, 2.45) is 0 Å². The van der Waals surface area contributed by atoms with Crippen molar-refractivity contribution in [3.05, 3.63) is 17.5 Å². The van der Waals surface area contributed by atoms with Crippen molar-refractivity contribution >= 4 is 6.03 Å². The minimum atomic E-state index is -0.108. The fourth-order valence-corrected chi connectivity index (χ4v) is 2.88. The first kappa shape index (κ1) is 16.8. The van der Waals surface area contributed by atoms with Gasteiger partial charge in [-0.2, -0.15) is 5.10 Å². The molecule has 0 radical (unpaired) electrons. The lowest BCUT2D eigenvalue weighted by Crippen LogP contribution is -2.44. The summed E-state index contributed by atoms with van der Waals surface area (Å²) < 4.78 is 1.94. The molecule has 2 atom stereocenters. The second kappa shape index (κ2) is 6.28. The summed E-state index contributed by atoms with van der Waals surface area (Å²) in [5.41, 5.74) is 1.88. The Labute approximate surface area is 132 Å². The Morgan fingerprint density at radius 2 is 2.23 bits per heavy atom. The molecule has 1 fully saturated rings. The third-order valence-corrected chi connectivity index (χ3v) is 4.28. The molecule has 2 amide bonds. The molecule has 124 valence electrons. The summed E-state index contributed by atoms with van der Waals surface area (Å²) in [5, 5.41) is 16.9. The monoisotopic (exact) mass is 308 g/mol. The Hall–Kier alpha value is -1.56. The van der Waals surface area contributed by atoms with Crippen LogP contribution in [0.2, 0.25) is 0 Å². The van der Waals surface area contributed by atoms with E-state index in [0.29, 0.717) is 6.54 Å². The quantitative estimate of drug-likeness (QED) is 0.899. The fraction of sp³-hybridized carbons (Fsp3) is 0.750. The maximum atomic E-state index is 12.4. The summed E-state index contributed by atoms with van der Waals surface area (Å²) in [6, 6.07) is -0.263. The van der Waals surface area contributed by atoms with Gasteiger partial charge in [0, 0.05) is 18.3 Å². The molecule has 6 nitrogen and oxygen atoms in total. The first-order valence-corrected chi connectivity index (χ1v) is 7.98. The van der Waals surface area contributed by atoms with Gasteiger partial charge in [-0.15, -0.1) is 0 Å². The lowest BCUT2D eigenvalue weighted by Gasteiger charge is -2.25. The van der Waals surface area contributed by atoms with Gasteiger partial charge in [-0.05, 0) is 47.5 Å². The average molecular weight is 308 g/mol. The highest BCUT2D eigenvalue weighted by atomic mass is 16.3. The van der Waals surface area contributed by atoms with Gasteiger partial charge in [0.15, 0.2) is 0 Å². The molecule has 1 aromatic heterocycles. The maximum absolute atomic E-state index is 12.4. The van der Waals surface area contributed by atoms with Crippen molar-refractivity contribution in [2.45, 2.75) is 65.1 Å². The Morgan fingerprint density at radius 1 is 1.55 bits per heavy atom. The van der Waals surface area contributed by atoms with E-state index in [1.165, 1.54) is 0 Å². The van der Waals surface area contributed by atoms with Crippen molar-refractivity contribution < 1.29 is 9.90 Å². The van der Waals surface area contributed by atoms with E-state index in [4.69, 9.17) is 0 Å². The van der Waals surface area contributed by atoms with Crippen LogP contribution in [0.25, 0.3) is 0 Å². The minimum Gasteiger partial charge on any atom is -0.394 e. The largest absolute Gasteiger partial charge is 0.394 e.